The zero-order chi connectivity index (χ0) is 13.5. The summed E-state index contributed by atoms with van der Waals surface area (Å²) in [5, 5.41) is 3.36. The summed E-state index contributed by atoms with van der Waals surface area (Å²) in [6.07, 6.45) is 4.29. The van der Waals surface area contributed by atoms with Crippen molar-refractivity contribution in [1.29, 1.82) is 0 Å². The molecule has 1 aromatic rings. The highest BCUT2D eigenvalue weighted by Gasteiger charge is 2.25. The number of ether oxygens (including phenoxy) is 1. The Bertz CT molecular complexity index is 387. The van der Waals surface area contributed by atoms with E-state index in [1.807, 2.05) is 25.1 Å². The maximum absolute atomic E-state index is 11.9. The molecular formula is C16H23NO2. The number of benzene rings is 1. The van der Waals surface area contributed by atoms with Gasteiger partial charge in [0.2, 0.25) is 0 Å². The molecule has 0 saturated heterocycles. The van der Waals surface area contributed by atoms with E-state index >= 15 is 0 Å². The van der Waals surface area contributed by atoms with Gasteiger partial charge < -0.3 is 10.1 Å². The Hall–Kier alpha value is -1.35. The molecule has 1 aliphatic rings. The lowest BCUT2D eigenvalue weighted by Gasteiger charge is -2.17. The van der Waals surface area contributed by atoms with Gasteiger partial charge in [0.25, 0.3) is 0 Å². The van der Waals surface area contributed by atoms with Crippen LogP contribution in [0, 0.1) is 5.92 Å². The number of hydrogen-bond acceptors (Lipinski definition) is 3. The van der Waals surface area contributed by atoms with Crippen LogP contribution in [0.2, 0.25) is 0 Å². The van der Waals surface area contributed by atoms with Crippen LogP contribution in [0.5, 0.6) is 0 Å². The predicted molar refractivity (Wildman–Crippen MR) is 75.9 cm³/mol. The molecule has 0 amide bonds. The van der Waals surface area contributed by atoms with Crippen LogP contribution in [0.15, 0.2) is 30.3 Å². The van der Waals surface area contributed by atoms with Crippen molar-refractivity contribution in [2.24, 2.45) is 5.92 Å². The molecule has 3 heteroatoms. The topological polar surface area (TPSA) is 38.3 Å². The number of aryl methyl sites for hydroxylation is 1. The van der Waals surface area contributed by atoms with Crippen molar-refractivity contribution >= 4 is 5.97 Å². The van der Waals surface area contributed by atoms with Crippen LogP contribution < -0.4 is 5.32 Å². The Balaban J connectivity index is 1.82. The zero-order valence-corrected chi connectivity index (χ0v) is 11.6. The average Bonchev–Trinajstić information content (AvgIpc) is 3.24. The first-order chi connectivity index (χ1) is 9.29. The molecule has 1 fully saturated rings. The van der Waals surface area contributed by atoms with Gasteiger partial charge in [-0.15, -0.1) is 0 Å². The van der Waals surface area contributed by atoms with E-state index < -0.39 is 0 Å². The van der Waals surface area contributed by atoms with Crippen LogP contribution in [-0.4, -0.2) is 25.2 Å². The van der Waals surface area contributed by atoms with Crippen molar-refractivity contribution in [2.75, 3.05) is 13.2 Å². The minimum atomic E-state index is -0.166. The summed E-state index contributed by atoms with van der Waals surface area (Å²) < 4.78 is 5.14. The Morgan fingerprint density at radius 2 is 2.11 bits per heavy atom. The highest BCUT2D eigenvalue weighted by molar-refractivity contribution is 5.75. The molecule has 0 aromatic heterocycles. The molecule has 0 aliphatic heterocycles. The minimum absolute atomic E-state index is 0.112. The first kappa shape index (κ1) is 14.1. The molecule has 0 bridgehead atoms. The van der Waals surface area contributed by atoms with Crippen LogP contribution in [-0.2, 0) is 16.0 Å². The van der Waals surface area contributed by atoms with Gasteiger partial charge in [-0.05, 0) is 50.6 Å². The van der Waals surface area contributed by atoms with Gasteiger partial charge in [0.1, 0.15) is 6.04 Å². The lowest BCUT2D eigenvalue weighted by Crippen LogP contribution is -2.39. The van der Waals surface area contributed by atoms with Gasteiger partial charge in [0.05, 0.1) is 6.61 Å². The van der Waals surface area contributed by atoms with Gasteiger partial charge in [-0.1, -0.05) is 30.3 Å². The maximum Gasteiger partial charge on any atom is 0.323 e. The molecule has 1 saturated carbocycles. The molecule has 1 N–H and O–H groups in total. The molecule has 0 heterocycles. The Morgan fingerprint density at radius 1 is 1.37 bits per heavy atom. The first-order valence-electron chi connectivity index (χ1n) is 7.23. The summed E-state index contributed by atoms with van der Waals surface area (Å²) in [7, 11) is 0. The summed E-state index contributed by atoms with van der Waals surface area (Å²) in [6, 6.07) is 10.1. The van der Waals surface area contributed by atoms with Gasteiger partial charge in [0.15, 0.2) is 0 Å². The van der Waals surface area contributed by atoms with Gasteiger partial charge >= 0.3 is 5.97 Å². The molecule has 3 nitrogen and oxygen atoms in total. The molecule has 0 radical (unpaired) electrons. The van der Waals surface area contributed by atoms with Crippen LogP contribution in [0.1, 0.15) is 31.7 Å². The minimum Gasteiger partial charge on any atom is -0.465 e. The van der Waals surface area contributed by atoms with E-state index in [1.54, 1.807) is 0 Å². The van der Waals surface area contributed by atoms with E-state index in [1.165, 1.54) is 18.4 Å². The van der Waals surface area contributed by atoms with Crippen molar-refractivity contribution < 1.29 is 9.53 Å². The van der Waals surface area contributed by atoms with Crippen molar-refractivity contribution in [3.05, 3.63) is 35.9 Å². The van der Waals surface area contributed by atoms with Gasteiger partial charge in [-0.2, -0.15) is 0 Å². The third kappa shape index (κ3) is 5.03. The second kappa shape index (κ2) is 7.29. The quantitative estimate of drug-likeness (QED) is 0.731. The normalized spacial score (nSPS) is 16.1. The second-order valence-corrected chi connectivity index (χ2v) is 5.18. The maximum atomic E-state index is 11.9. The lowest BCUT2D eigenvalue weighted by molar-refractivity contribution is -0.145. The summed E-state index contributed by atoms with van der Waals surface area (Å²) in [4.78, 5) is 11.9. The number of carbonyl (C=O) groups is 1. The van der Waals surface area contributed by atoms with Crippen LogP contribution in [0.25, 0.3) is 0 Å². The molecule has 1 unspecified atom stereocenters. The summed E-state index contributed by atoms with van der Waals surface area (Å²) in [5.74, 6) is 0.660. The summed E-state index contributed by atoms with van der Waals surface area (Å²) in [6.45, 7) is 3.25. The van der Waals surface area contributed by atoms with E-state index in [9.17, 15) is 4.79 Å². The SMILES string of the molecule is CCOC(=O)C(CCc1ccccc1)NCC1CC1. The number of carbonyl (C=O) groups excluding carboxylic acids is 1. The molecular weight excluding hydrogens is 238 g/mol. The smallest absolute Gasteiger partial charge is 0.323 e. The Morgan fingerprint density at radius 3 is 2.74 bits per heavy atom. The van der Waals surface area contributed by atoms with Crippen molar-refractivity contribution in [3.8, 4) is 0 Å². The number of hydrogen-bond donors (Lipinski definition) is 1. The van der Waals surface area contributed by atoms with E-state index in [0.717, 1.165) is 25.3 Å². The first-order valence-corrected chi connectivity index (χ1v) is 7.23. The molecule has 1 aromatic carbocycles. The van der Waals surface area contributed by atoms with Crippen molar-refractivity contribution in [3.63, 3.8) is 0 Å². The fourth-order valence-corrected chi connectivity index (χ4v) is 2.13. The van der Waals surface area contributed by atoms with Gasteiger partial charge in [-0.3, -0.25) is 4.79 Å². The largest absolute Gasteiger partial charge is 0.465 e. The molecule has 2 rings (SSSR count). The molecule has 19 heavy (non-hydrogen) atoms. The third-order valence-corrected chi connectivity index (χ3v) is 3.49. The third-order valence-electron chi connectivity index (χ3n) is 3.49. The fourth-order valence-electron chi connectivity index (χ4n) is 2.13. The monoisotopic (exact) mass is 261 g/mol. The zero-order valence-electron chi connectivity index (χ0n) is 11.6. The van der Waals surface area contributed by atoms with E-state index in [2.05, 4.69) is 17.4 Å². The molecule has 104 valence electrons. The summed E-state index contributed by atoms with van der Waals surface area (Å²) >= 11 is 0. The van der Waals surface area contributed by atoms with Gasteiger partial charge in [-0.25, -0.2) is 0 Å². The van der Waals surface area contributed by atoms with Crippen LogP contribution in [0.3, 0.4) is 0 Å². The van der Waals surface area contributed by atoms with Crippen LogP contribution in [0.4, 0.5) is 0 Å². The highest BCUT2D eigenvalue weighted by atomic mass is 16.5. The Kier molecular flexibility index (Phi) is 5.40. The lowest BCUT2D eigenvalue weighted by atomic mass is 10.1. The molecule has 1 atom stereocenters. The molecule has 1 aliphatic carbocycles. The highest BCUT2D eigenvalue weighted by Crippen LogP contribution is 2.27. The predicted octanol–water partition coefficient (Wildman–Crippen LogP) is 2.55. The number of nitrogens with one attached hydrogen (secondary N) is 1. The van der Waals surface area contributed by atoms with E-state index in [0.29, 0.717) is 6.61 Å². The van der Waals surface area contributed by atoms with Crippen molar-refractivity contribution in [2.45, 2.75) is 38.6 Å². The van der Waals surface area contributed by atoms with E-state index in [-0.39, 0.29) is 12.0 Å². The number of esters is 1. The average molecular weight is 261 g/mol. The standard InChI is InChI=1S/C16H23NO2/c1-2-19-16(18)15(17-12-14-8-9-14)11-10-13-6-4-3-5-7-13/h3-7,14-15,17H,2,8-12H2,1H3. The number of rotatable bonds is 8. The van der Waals surface area contributed by atoms with Gasteiger partial charge in [0, 0.05) is 0 Å². The fraction of sp³-hybridized carbons (Fsp3) is 0.562. The summed E-state index contributed by atoms with van der Waals surface area (Å²) in [5.41, 5.74) is 1.27. The van der Waals surface area contributed by atoms with Crippen molar-refractivity contribution in [1.82, 2.24) is 5.32 Å². The Labute approximate surface area is 115 Å². The molecule has 0 spiro atoms. The second-order valence-electron chi connectivity index (χ2n) is 5.18. The van der Waals surface area contributed by atoms with Crippen LogP contribution >= 0.6 is 0 Å². The van der Waals surface area contributed by atoms with E-state index in [4.69, 9.17) is 4.74 Å².